The normalized spacial score (nSPS) is 19.0. The van der Waals surface area contributed by atoms with Crippen LogP contribution in [0, 0.1) is 14.5 Å². The Hall–Kier alpha value is -4.97. The van der Waals surface area contributed by atoms with Gasteiger partial charge in [0.1, 0.15) is 0 Å². The van der Waals surface area contributed by atoms with Gasteiger partial charge in [-0.25, -0.2) is 4.79 Å². The number of hydrogen-bond donors (Lipinski definition) is 1. The number of carbonyl (C=O) groups is 3. The van der Waals surface area contributed by atoms with Crippen LogP contribution < -0.4 is 46.8 Å². The molecule has 0 bridgehead atoms. The predicted molar refractivity (Wildman–Crippen MR) is 213 cm³/mol. The molecule has 7 heterocycles. The summed E-state index contributed by atoms with van der Waals surface area (Å²) in [5.74, 6) is 0.117. The number of para-hydroxylation sites is 1. The molecule has 4 aliphatic rings. The zero-order valence-corrected chi connectivity index (χ0v) is 34.7. The molecule has 3 amide bonds. The van der Waals surface area contributed by atoms with Crippen LogP contribution in [-0.4, -0.2) is 104 Å². The molecular weight excluding hydrogens is 837 g/mol. The van der Waals surface area contributed by atoms with Crippen LogP contribution in [-0.2, 0) is 11.8 Å². The van der Waals surface area contributed by atoms with Crippen molar-refractivity contribution in [2.45, 2.75) is 70.9 Å². The van der Waals surface area contributed by atoms with Crippen molar-refractivity contribution >= 4 is 56.9 Å². The summed E-state index contributed by atoms with van der Waals surface area (Å²) in [6.07, 6.45) is 10.2. The van der Waals surface area contributed by atoms with E-state index in [4.69, 9.17) is 20.1 Å². The Labute approximate surface area is 340 Å². The van der Waals surface area contributed by atoms with Crippen LogP contribution in [0.4, 0.5) is 22.0 Å². The first-order valence-electron chi connectivity index (χ1n) is 20.0. The maximum absolute atomic E-state index is 13.6. The van der Waals surface area contributed by atoms with Gasteiger partial charge in [0.05, 0.1) is 11.2 Å². The molecule has 0 unspecified atom stereocenters. The summed E-state index contributed by atoms with van der Waals surface area (Å²) in [6, 6.07) is 10.6. The number of piperazine rings is 1. The molecule has 57 heavy (non-hydrogen) atoms. The molecule has 16 heteroatoms. The summed E-state index contributed by atoms with van der Waals surface area (Å²) in [7, 11) is 1.92. The molecule has 4 fully saturated rings. The Morgan fingerprint density at radius 3 is 2.32 bits per heavy atom. The Morgan fingerprint density at radius 1 is 0.842 bits per heavy atom. The van der Waals surface area contributed by atoms with Crippen LogP contribution >= 0.6 is 0 Å². The predicted octanol–water partition coefficient (Wildman–Crippen LogP) is 1.07. The van der Waals surface area contributed by atoms with E-state index in [0.29, 0.717) is 29.6 Å². The Morgan fingerprint density at radius 2 is 1.61 bits per heavy atom. The Balaban J connectivity index is 0.822. The fourth-order valence-electron chi connectivity index (χ4n) is 9.31. The van der Waals surface area contributed by atoms with E-state index in [1.807, 2.05) is 37.0 Å². The van der Waals surface area contributed by atoms with Crippen LogP contribution in [0.25, 0.3) is 21.9 Å². The van der Waals surface area contributed by atoms with Gasteiger partial charge in [0, 0.05) is 25.4 Å². The van der Waals surface area contributed by atoms with Crippen molar-refractivity contribution in [3.8, 4) is 0 Å². The Kier molecular flexibility index (Phi) is 10.2. The van der Waals surface area contributed by atoms with Crippen LogP contribution in [0.3, 0.4) is 0 Å². The number of nitrogens with zero attached hydrogens (tertiary/aromatic N) is 10. The third-order valence-electron chi connectivity index (χ3n) is 12.2. The van der Waals surface area contributed by atoms with Crippen LogP contribution in [0.5, 0.6) is 0 Å². The molecule has 0 radical (unpaired) electrons. The molecule has 1 saturated carbocycles. The number of benzene rings is 1. The van der Waals surface area contributed by atoms with Crippen molar-refractivity contribution in [3.63, 3.8) is 0 Å². The topological polar surface area (TPSA) is 155 Å². The van der Waals surface area contributed by atoms with E-state index in [1.165, 1.54) is 6.92 Å². The van der Waals surface area contributed by atoms with Crippen molar-refractivity contribution in [2.75, 3.05) is 60.5 Å². The van der Waals surface area contributed by atoms with E-state index in [1.54, 1.807) is 15.7 Å². The first-order valence-corrected chi connectivity index (χ1v) is 22.1. The summed E-state index contributed by atoms with van der Waals surface area (Å²) in [5, 5.41) is 8.83. The molecule has 5 aromatic rings. The standard InChI is InChI=1S/C41H47IN11O4/c1-25-31-24-44-40(46-37(31)53(28-7-4-5-8-28)39(56)35(25)26(2)54)42-33-12-11-29(23-43-33)49-16-13-27(14-17-49)50-19-21-51(22-20-50)32-10-6-9-30-36(32)48(3)47-38(30)52-18-15-34(55)45-41(52)57/h6,9-12,23-24,27-28H,4-5,7-8,13-22H2,1-3H3,(H,45,55,57)/q-1. The third-order valence-corrected chi connectivity index (χ3v) is 14.4. The summed E-state index contributed by atoms with van der Waals surface area (Å²) in [4.78, 5) is 74.1. The van der Waals surface area contributed by atoms with Gasteiger partial charge in [0.15, 0.2) is 5.82 Å². The minimum absolute atomic E-state index is 0.0564. The van der Waals surface area contributed by atoms with E-state index < -0.39 is 27.2 Å². The van der Waals surface area contributed by atoms with Crippen LogP contribution in [0.1, 0.15) is 73.8 Å². The van der Waals surface area contributed by atoms with Crippen LogP contribution in [0.2, 0.25) is 0 Å². The first-order chi connectivity index (χ1) is 27.6. The fourth-order valence-corrected chi connectivity index (χ4v) is 11.1. The van der Waals surface area contributed by atoms with Gasteiger partial charge in [-0.15, -0.1) is 0 Å². The second-order valence-corrected chi connectivity index (χ2v) is 18.2. The summed E-state index contributed by atoms with van der Waals surface area (Å²) in [6.45, 7) is 9.34. The maximum atomic E-state index is 13.6. The number of Topliss-reactive ketones (excluding diaryl/α,β-unsaturated/α-hetero) is 1. The minimum atomic E-state index is -0.778. The zero-order valence-electron chi connectivity index (χ0n) is 32.6. The van der Waals surface area contributed by atoms with Gasteiger partial charge in [-0.3, -0.25) is 19.7 Å². The molecule has 0 atom stereocenters. The van der Waals surface area contributed by atoms with E-state index in [-0.39, 0.29) is 35.3 Å². The summed E-state index contributed by atoms with van der Waals surface area (Å²) in [5.41, 5.74) is 4.57. The second kappa shape index (κ2) is 15.4. The van der Waals surface area contributed by atoms with E-state index >= 15 is 0 Å². The van der Waals surface area contributed by atoms with Crippen molar-refractivity contribution < 1.29 is 35.6 Å². The number of aryl methyl sites for hydroxylation is 2. The molecule has 3 aliphatic heterocycles. The molecule has 9 rings (SSSR count). The van der Waals surface area contributed by atoms with Gasteiger partial charge in [0.2, 0.25) is 5.91 Å². The Bertz CT molecular complexity index is 2440. The summed E-state index contributed by atoms with van der Waals surface area (Å²) >= 11 is -0.778. The monoisotopic (exact) mass is 884 g/mol. The molecular formula is C41H47IN11O4-. The molecule has 15 nitrogen and oxygen atoms in total. The number of rotatable bonds is 8. The average Bonchev–Trinajstić information content (AvgIpc) is 3.86. The van der Waals surface area contributed by atoms with Crippen molar-refractivity contribution in [3.05, 3.63) is 71.7 Å². The van der Waals surface area contributed by atoms with Gasteiger partial charge in [-0.05, 0) is 12.1 Å². The number of nitrogens with one attached hydrogen (secondary N) is 1. The van der Waals surface area contributed by atoms with Crippen molar-refractivity contribution in [1.29, 1.82) is 0 Å². The number of carbonyl (C=O) groups excluding carboxylic acids is 3. The van der Waals surface area contributed by atoms with Gasteiger partial charge < -0.3 is 0 Å². The number of halogens is 1. The number of urea groups is 1. The first kappa shape index (κ1) is 37.6. The van der Waals surface area contributed by atoms with Crippen molar-refractivity contribution in [1.82, 2.24) is 39.5 Å². The SMILES string of the molecule is CC(=O)c1c(C)c2cnc([I-]c3ccc(N4CCC(N5CCN(c6cccc7c(N8CCC(=O)NC8=O)nn(C)c67)CC5)CC4)cn3)nc2n(C2CCCC2)c1=O. The average molecular weight is 885 g/mol. The van der Waals surface area contributed by atoms with E-state index in [9.17, 15) is 19.2 Å². The van der Waals surface area contributed by atoms with E-state index in [0.717, 1.165) is 113 Å². The number of pyridine rings is 2. The van der Waals surface area contributed by atoms with Crippen LogP contribution in [0.15, 0.2) is 47.5 Å². The van der Waals surface area contributed by atoms with Gasteiger partial charge in [-0.1, -0.05) is 6.07 Å². The number of fused-ring (bicyclic) bond motifs is 2. The van der Waals surface area contributed by atoms with Crippen molar-refractivity contribution in [2.24, 2.45) is 7.05 Å². The quantitative estimate of drug-likeness (QED) is 0.103. The number of aromatic nitrogens is 6. The van der Waals surface area contributed by atoms with Gasteiger partial charge in [0.25, 0.3) is 0 Å². The number of anilines is 3. The number of amides is 3. The number of ketones is 1. The van der Waals surface area contributed by atoms with E-state index in [2.05, 4.69) is 38.2 Å². The second-order valence-electron chi connectivity index (χ2n) is 15.6. The zero-order chi connectivity index (χ0) is 39.4. The number of hydrogen-bond acceptors (Lipinski definition) is 11. The molecule has 1 aromatic carbocycles. The molecule has 0 spiro atoms. The van der Waals surface area contributed by atoms with Gasteiger partial charge in [-0.2, -0.15) is 5.10 Å². The molecule has 1 aliphatic carbocycles. The molecule has 4 aromatic heterocycles. The fraction of sp³-hybridized carbons (Fsp3) is 0.463. The number of imide groups is 1. The molecule has 298 valence electrons. The molecule has 1 N–H and O–H groups in total. The third kappa shape index (κ3) is 7.04. The summed E-state index contributed by atoms with van der Waals surface area (Å²) < 4.78 is 5.33. The molecule has 3 saturated heterocycles. The number of piperidine rings is 1. The van der Waals surface area contributed by atoms with Gasteiger partial charge >= 0.3 is 246 Å².